The number of nitrogens with zero attached hydrogens (tertiary/aromatic N) is 4. The van der Waals surface area contributed by atoms with Gasteiger partial charge in [0.15, 0.2) is 11.2 Å². The third-order valence-corrected chi connectivity index (χ3v) is 3.80. The Morgan fingerprint density at radius 2 is 1.86 bits per heavy atom. The van der Waals surface area contributed by atoms with Gasteiger partial charge in [0.2, 0.25) is 0 Å². The molecule has 0 amide bonds. The molecule has 2 heterocycles. The lowest BCUT2D eigenvalue weighted by molar-refractivity contribution is 0.525. The first-order valence-electron chi connectivity index (χ1n) is 7.92. The van der Waals surface area contributed by atoms with Crippen LogP contribution in [0.2, 0.25) is 0 Å². The molecule has 7 nitrogen and oxygen atoms in total. The van der Waals surface area contributed by atoms with Gasteiger partial charge >= 0.3 is 5.69 Å². The fourth-order valence-electron chi connectivity index (χ4n) is 2.85. The summed E-state index contributed by atoms with van der Waals surface area (Å²) in [6.07, 6.45) is 1.72. The van der Waals surface area contributed by atoms with Crippen LogP contribution in [0.15, 0.2) is 9.59 Å². The Morgan fingerprint density at radius 1 is 1.18 bits per heavy atom. The van der Waals surface area contributed by atoms with Crippen molar-refractivity contribution in [3.05, 3.63) is 26.7 Å². The van der Waals surface area contributed by atoms with Gasteiger partial charge in [0.05, 0.1) is 0 Å². The maximum atomic E-state index is 12.7. The van der Waals surface area contributed by atoms with E-state index in [0.29, 0.717) is 17.7 Å². The summed E-state index contributed by atoms with van der Waals surface area (Å²) in [7, 11) is 0. The lowest BCUT2D eigenvalue weighted by Crippen LogP contribution is -2.42. The molecule has 0 atom stereocenters. The minimum absolute atomic E-state index is 0.0747. The predicted octanol–water partition coefficient (Wildman–Crippen LogP) is 0.872. The Labute approximate surface area is 129 Å². The lowest BCUT2D eigenvalue weighted by atomic mass is 10.3. The molecule has 0 saturated heterocycles. The van der Waals surface area contributed by atoms with E-state index in [2.05, 4.69) is 11.9 Å². The first-order chi connectivity index (χ1) is 10.5. The molecule has 2 aromatic heterocycles. The van der Waals surface area contributed by atoms with Crippen LogP contribution in [0.4, 0.5) is 0 Å². The average molecular weight is 307 g/mol. The largest absolute Gasteiger partial charge is 0.333 e. The molecule has 0 aliphatic heterocycles. The standard InChI is InChI=1S/C15H25N5O2/c1-5-7-11-17-13-12(18(11)6-2)14(21)19(9-8-16)15(22)20(13)10(3)4/h10H,5-9,16H2,1-4H3. The maximum absolute atomic E-state index is 12.7. The van der Waals surface area contributed by atoms with Crippen molar-refractivity contribution in [3.8, 4) is 0 Å². The van der Waals surface area contributed by atoms with E-state index in [1.807, 2.05) is 25.3 Å². The van der Waals surface area contributed by atoms with Gasteiger partial charge in [-0.2, -0.15) is 0 Å². The number of hydrogen-bond donors (Lipinski definition) is 1. The molecule has 0 aliphatic carbocycles. The van der Waals surface area contributed by atoms with Gasteiger partial charge in [-0.25, -0.2) is 9.78 Å². The highest BCUT2D eigenvalue weighted by Gasteiger charge is 2.21. The molecule has 7 heteroatoms. The van der Waals surface area contributed by atoms with Crippen LogP contribution < -0.4 is 17.0 Å². The van der Waals surface area contributed by atoms with Crippen molar-refractivity contribution in [2.75, 3.05) is 6.54 Å². The molecule has 122 valence electrons. The van der Waals surface area contributed by atoms with Gasteiger partial charge in [-0.1, -0.05) is 6.92 Å². The van der Waals surface area contributed by atoms with Crippen molar-refractivity contribution in [2.45, 2.75) is 59.7 Å². The molecule has 0 bridgehead atoms. The Hall–Kier alpha value is -1.89. The van der Waals surface area contributed by atoms with Crippen molar-refractivity contribution >= 4 is 11.2 Å². The third-order valence-electron chi connectivity index (χ3n) is 3.80. The summed E-state index contributed by atoms with van der Waals surface area (Å²) in [5, 5.41) is 0. The molecule has 0 spiro atoms. The van der Waals surface area contributed by atoms with Gasteiger partial charge in [0, 0.05) is 32.1 Å². The summed E-state index contributed by atoms with van der Waals surface area (Å²) < 4.78 is 4.75. The molecule has 2 N–H and O–H groups in total. The number of rotatable bonds is 6. The lowest BCUT2D eigenvalue weighted by Gasteiger charge is -2.14. The maximum Gasteiger partial charge on any atom is 0.333 e. The molecule has 0 saturated carbocycles. The van der Waals surface area contributed by atoms with Crippen molar-refractivity contribution in [1.82, 2.24) is 18.7 Å². The molecular weight excluding hydrogens is 282 g/mol. The van der Waals surface area contributed by atoms with Crippen LogP contribution in [0.25, 0.3) is 11.2 Å². The zero-order chi connectivity index (χ0) is 16.4. The molecule has 0 radical (unpaired) electrons. The number of nitrogens with two attached hydrogens (primary N) is 1. The van der Waals surface area contributed by atoms with E-state index in [9.17, 15) is 9.59 Å². The number of imidazole rings is 1. The van der Waals surface area contributed by atoms with Gasteiger partial charge in [0.1, 0.15) is 5.82 Å². The molecular formula is C15H25N5O2. The highest BCUT2D eigenvalue weighted by atomic mass is 16.2. The van der Waals surface area contributed by atoms with Crippen LogP contribution in [-0.2, 0) is 19.5 Å². The summed E-state index contributed by atoms with van der Waals surface area (Å²) in [5.41, 5.74) is 5.93. The molecule has 0 aliphatic rings. The van der Waals surface area contributed by atoms with Crippen LogP contribution in [0.5, 0.6) is 0 Å². The van der Waals surface area contributed by atoms with E-state index in [1.54, 1.807) is 4.57 Å². The fraction of sp³-hybridized carbons (Fsp3) is 0.667. The monoisotopic (exact) mass is 307 g/mol. The Morgan fingerprint density at radius 3 is 2.36 bits per heavy atom. The smallest absolute Gasteiger partial charge is 0.329 e. The van der Waals surface area contributed by atoms with Crippen LogP contribution in [0, 0.1) is 0 Å². The van der Waals surface area contributed by atoms with Crippen LogP contribution in [-0.4, -0.2) is 25.2 Å². The first kappa shape index (κ1) is 16.5. The predicted molar refractivity (Wildman–Crippen MR) is 87.4 cm³/mol. The van der Waals surface area contributed by atoms with E-state index in [0.717, 1.165) is 18.7 Å². The second-order valence-corrected chi connectivity index (χ2v) is 5.69. The highest BCUT2D eigenvalue weighted by Crippen LogP contribution is 2.16. The molecule has 0 aromatic carbocycles. The van der Waals surface area contributed by atoms with Crippen LogP contribution >= 0.6 is 0 Å². The fourth-order valence-corrected chi connectivity index (χ4v) is 2.85. The van der Waals surface area contributed by atoms with Crippen LogP contribution in [0.3, 0.4) is 0 Å². The molecule has 2 aromatic rings. The number of fused-ring (bicyclic) bond motifs is 1. The topological polar surface area (TPSA) is 87.8 Å². The second-order valence-electron chi connectivity index (χ2n) is 5.69. The summed E-state index contributed by atoms with van der Waals surface area (Å²) in [5.74, 6) is 0.858. The molecule has 22 heavy (non-hydrogen) atoms. The van der Waals surface area contributed by atoms with Gasteiger partial charge in [-0.3, -0.25) is 13.9 Å². The van der Waals surface area contributed by atoms with Crippen LogP contribution in [0.1, 0.15) is 46.0 Å². The summed E-state index contributed by atoms with van der Waals surface area (Å²) in [4.78, 5) is 30.0. The van der Waals surface area contributed by atoms with Gasteiger partial charge in [-0.15, -0.1) is 0 Å². The van der Waals surface area contributed by atoms with Crippen molar-refractivity contribution < 1.29 is 0 Å². The van der Waals surface area contributed by atoms with E-state index in [-0.39, 0.29) is 30.4 Å². The van der Waals surface area contributed by atoms with Gasteiger partial charge in [0.25, 0.3) is 5.56 Å². The normalized spacial score (nSPS) is 11.7. The van der Waals surface area contributed by atoms with E-state index < -0.39 is 0 Å². The van der Waals surface area contributed by atoms with Crippen molar-refractivity contribution in [3.63, 3.8) is 0 Å². The zero-order valence-corrected chi connectivity index (χ0v) is 13.8. The summed E-state index contributed by atoms with van der Waals surface area (Å²) >= 11 is 0. The molecule has 0 unspecified atom stereocenters. The number of aryl methyl sites for hydroxylation is 2. The minimum Gasteiger partial charge on any atom is -0.329 e. The summed E-state index contributed by atoms with van der Waals surface area (Å²) in [6.45, 7) is 9.02. The van der Waals surface area contributed by atoms with Gasteiger partial charge in [-0.05, 0) is 27.2 Å². The third kappa shape index (κ3) is 2.49. The number of hydrogen-bond acceptors (Lipinski definition) is 4. The van der Waals surface area contributed by atoms with Gasteiger partial charge < -0.3 is 10.3 Å². The Kier molecular flexibility index (Phi) is 4.85. The first-order valence-corrected chi connectivity index (χ1v) is 7.92. The highest BCUT2D eigenvalue weighted by molar-refractivity contribution is 5.71. The Bertz CT molecular complexity index is 782. The minimum atomic E-state index is -0.332. The zero-order valence-electron chi connectivity index (χ0n) is 13.8. The van der Waals surface area contributed by atoms with E-state index >= 15 is 0 Å². The van der Waals surface area contributed by atoms with Crippen molar-refractivity contribution in [2.24, 2.45) is 5.73 Å². The van der Waals surface area contributed by atoms with E-state index in [4.69, 9.17) is 5.73 Å². The SMILES string of the molecule is CCCc1nc2c(c(=O)n(CCN)c(=O)n2C(C)C)n1CC. The summed E-state index contributed by atoms with van der Waals surface area (Å²) in [6, 6.07) is -0.0747. The van der Waals surface area contributed by atoms with E-state index in [1.165, 1.54) is 4.57 Å². The van der Waals surface area contributed by atoms with Crippen molar-refractivity contribution in [1.29, 1.82) is 0 Å². The molecule has 2 rings (SSSR count). The second kappa shape index (κ2) is 6.48. The number of aromatic nitrogens is 4. The Balaban J connectivity index is 2.98. The average Bonchev–Trinajstić information content (AvgIpc) is 2.81. The quantitative estimate of drug-likeness (QED) is 0.858. The molecule has 0 fully saturated rings.